The van der Waals surface area contributed by atoms with E-state index in [9.17, 15) is 9.90 Å². The van der Waals surface area contributed by atoms with Crippen LogP contribution < -0.4 is 0 Å². The Balaban J connectivity index is 1.99. The quantitative estimate of drug-likeness (QED) is 0.918. The van der Waals surface area contributed by atoms with Crippen molar-refractivity contribution in [3.8, 4) is 0 Å². The van der Waals surface area contributed by atoms with Gasteiger partial charge >= 0.3 is 5.97 Å². The number of para-hydroxylation sites is 1. The van der Waals surface area contributed by atoms with Gasteiger partial charge in [0.2, 0.25) is 0 Å². The molecular weight excluding hydrogens is 268 g/mol. The third-order valence-electron chi connectivity index (χ3n) is 4.18. The number of nitrogens with zero attached hydrogens (tertiary/aromatic N) is 2. The smallest absolute Gasteiger partial charge is 0.337 e. The third kappa shape index (κ3) is 2.65. The van der Waals surface area contributed by atoms with Crippen molar-refractivity contribution >= 4 is 17.0 Å². The van der Waals surface area contributed by atoms with Crippen molar-refractivity contribution in [3.63, 3.8) is 0 Å². The molecule has 1 N–H and O–H groups in total. The Kier molecular flexibility index (Phi) is 3.92. The van der Waals surface area contributed by atoms with Gasteiger partial charge in [0.15, 0.2) is 0 Å². The van der Waals surface area contributed by atoms with Crippen LogP contribution in [0.15, 0.2) is 18.2 Å². The first-order valence-corrected chi connectivity index (χ1v) is 7.50. The highest BCUT2D eigenvalue weighted by Gasteiger charge is 2.19. The zero-order valence-electron chi connectivity index (χ0n) is 12.2. The van der Waals surface area contributed by atoms with Crippen LogP contribution in [0.3, 0.4) is 0 Å². The first kappa shape index (κ1) is 14.1. The van der Waals surface area contributed by atoms with E-state index >= 15 is 0 Å². The Morgan fingerprint density at radius 3 is 3.05 bits per heavy atom. The monoisotopic (exact) mass is 288 g/mol. The van der Waals surface area contributed by atoms with Gasteiger partial charge in [-0.25, -0.2) is 9.78 Å². The highest BCUT2D eigenvalue weighted by Crippen LogP contribution is 2.24. The summed E-state index contributed by atoms with van der Waals surface area (Å²) in [6.45, 7) is 4.52. The molecule has 5 heteroatoms. The molecule has 0 radical (unpaired) electrons. The number of carboxylic acid groups (broad SMARTS) is 1. The predicted octanol–water partition coefficient (Wildman–Crippen LogP) is 2.72. The first-order valence-electron chi connectivity index (χ1n) is 7.50. The molecular formula is C16H20N2O3. The number of carboxylic acids is 1. The summed E-state index contributed by atoms with van der Waals surface area (Å²) in [5, 5.41) is 9.41. The summed E-state index contributed by atoms with van der Waals surface area (Å²) in [6, 6.07) is 5.30. The van der Waals surface area contributed by atoms with Gasteiger partial charge in [-0.3, -0.25) is 0 Å². The predicted molar refractivity (Wildman–Crippen MR) is 79.6 cm³/mol. The number of aromatic nitrogens is 2. The van der Waals surface area contributed by atoms with E-state index in [-0.39, 0.29) is 0 Å². The van der Waals surface area contributed by atoms with Gasteiger partial charge in [0.1, 0.15) is 5.82 Å². The Morgan fingerprint density at radius 1 is 1.52 bits per heavy atom. The summed E-state index contributed by atoms with van der Waals surface area (Å²) in [5.74, 6) is 0.635. The lowest BCUT2D eigenvalue weighted by Gasteiger charge is -2.12. The van der Waals surface area contributed by atoms with Crippen molar-refractivity contribution in [2.24, 2.45) is 5.92 Å². The molecule has 0 saturated carbocycles. The van der Waals surface area contributed by atoms with Crippen LogP contribution in [-0.2, 0) is 17.7 Å². The van der Waals surface area contributed by atoms with Gasteiger partial charge in [0.25, 0.3) is 0 Å². The number of carbonyl (C=O) groups is 1. The second kappa shape index (κ2) is 5.85. The van der Waals surface area contributed by atoms with E-state index in [4.69, 9.17) is 4.74 Å². The molecule has 21 heavy (non-hydrogen) atoms. The Bertz CT molecular complexity index is 657. The standard InChI is InChI=1S/C16H20N2O3/c1-2-14-17-13-5-3-4-12(16(19)20)15(13)18(14)8-6-11-7-9-21-10-11/h3-5,11H,2,6-10H2,1H3,(H,19,20). The summed E-state index contributed by atoms with van der Waals surface area (Å²) in [5.41, 5.74) is 1.86. The van der Waals surface area contributed by atoms with Crippen molar-refractivity contribution < 1.29 is 14.6 Å². The number of hydrogen-bond acceptors (Lipinski definition) is 3. The van der Waals surface area contributed by atoms with Gasteiger partial charge in [0, 0.05) is 26.2 Å². The summed E-state index contributed by atoms with van der Waals surface area (Å²) < 4.78 is 7.49. The van der Waals surface area contributed by atoms with E-state index in [0.29, 0.717) is 11.5 Å². The topological polar surface area (TPSA) is 64.3 Å². The Morgan fingerprint density at radius 2 is 2.38 bits per heavy atom. The van der Waals surface area contributed by atoms with Crippen LogP contribution in [0.25, 0.3) is 11.0 Å². The zero-order chi connectivity index (χ0) is 14.8. The fourth-order valence-corrected chi connectivity index (χ4v) is 3.04. The van der Waals surface area contributed by atoms with Gasteiger partial charge in [0.05, 0.1) is 16.6 Å². The average molecular weight is 288 g/mol. The fraction of sp³-hybridized carbons (Fsp3) is 0.500. The van der Waals surface area contributed by atoms with Crippen molar-refractivity contribution in [2.45, 2.75) is 32.7 Å². The Labute approximate surface area is 123 Å². The third-order valence-corrected chi connectivity index (χ3v) is 4.18. The van der Waals surface area contributed by atoms with Crippen LogP contribution in [0.5, 0.6) is 0 Å². The van der Waals surface area contributed by atoms with Gasteiger partial charge in [-0.05, 0) is 30.9 Å². The number of fused-ring (bicyclic) bond motifs is 1. The number of benzene rings is 1. The van der Waals surface area contributed by atoms with E-state index in [1.165, 1.54) is 0 Å². The molecule has 3 rings (SSSR count). The first-order chi connectivity index (χ1) is 10.2. The fourth-order valence-electron chi connectivity index (χ4n) is 3.04. The van der Waals surface area contributed by atoms with Crippen LogP contribution in [-0.4, -0.2) is 33.8 Å². The molecule has 0 bridgehead atoms. The maximum atomic E-state index is 11.5. The molecule has 0 aliphatic carbocycles. The molecule has 112 valence electrons. The molecule has 1 aromatic carbocycles. The van der Waals surface area contributed by atoms with E-state index < -0.39 is 5.97 Å². The van der Waals surface area contributed by atoms with Crippen LogP contribution in [0, 0.1) is 5.92 Å². The highest BCUT2D eigenvalue weighted by molar-refractivity contribution is 6.01. The van der Waals surface area contributed by atoms with Crippen molar-refractivity contribution in [3.05, 3.63) is 29.6 Å². The number of aryl methyl sites for hydroxylation is 2. The lowest BCUT2D eigenvalue weighted by Crippen LogP contribution is -2.10. The second-order valence-corrected chi connectivity index (χ2v) is 5.53. The van der Waals surface area contributed by atoms with Crippen LogP contribution in [0.4, 0.5) is 0 Å². The molecule has 2 aromatic rings. The Hall–Kier alpha value is -1.88. The van der Waals surface area contributed by atoms with E-state index in [1.807, 2.05) is 6.07 Å². The van der Waals surface area contributed by atoms with Crippen LogP contribution >= 0.6 is 0 Å². The average Bonchev–Trinajstić information content (AvgIpc) is 3.11. The molecule has 2 heterocycles. The van der Waals surface area contributed by atoms with Gasteiger partial charge in [-0.2, -0.15) is 0 Å². The number of rotatable bonds is 5. The number of ether oxygens (including phenoxy) is 1. The van der Waals surface area contributed by atoms with Crippen molar-refractivity contribution in [1.82, 2.24) is 9.55 Å². The number of hydrogen-bond donors (Lipinski definition) is 1. The normalized spacial score (nSPS) is 18.4. The molecule has 1 aliphatic heterocycles. The van der Waals surface area contributed by atoms with Crippen LogP contribution in [0.1, 0.15) is 35.9 Å². The lowest BCUT2D eigenvalue weighted by atomic mass is 10.1. The minimum Gasteiger partial charge on any atom is -0.478 e. The van der Waals surface area contributed by atoms with E-state index in [0.717, 1.165) is 55.9 Å². The molecule has 0 spiro atoms. The van der Waals surface area contributed by atoms with E-state index in [2.05, 4.69) is 16.5 Å². The maximum absolute atomic E-state index is 11.5. The minimum atomic E-state index is -0.895. The minimum absolute atomic E-state index is 0.336. The molecule has 1 unspecified atom stereocenters. The number of aromatic carboxylic acids is 1. The summed E-state index contributed by atoms with van der Waals surface area (Å²) in [4.78, 5) is 16.1. The van der Waals surface area contributed by atoms with Crippen molar-refractivity contribution in [2.75, 3.05) is 13.2 Å². The summed E-state index contributed by atoms with van der Waals surface area (Å²) in [6.07, 6.45) is 2.90. The van der Waals surface area contributed by atoms with Crippen LogP contribution in [0.2, 0.25) is 0 Å². The maximum Gasteiger partial charge on any atom is 0.337 e. The largest absolute Gasteiger partial charge is 0.478 e. The zero-order valence-corrected chi connectivity index (χ0v) is 12.2. The molecule has 5 nitrogen and oxygen atoms in total. The molecule has 0 amide bonds. The lowest BCUT2D eigenvalue weighted by molar-refractivity contribution is 0.0698. The molecule has 1 saturated heterocycles. The molecule has 1 fully saturated rings. The molecule has 1 aromatic heterocycles. The van der Waals surface area contributed by atoms with Gasteiger partial charge in [-0.15, -0.1) is 0 Å². The number of imidazole rings is 1. The summed E-state index contributed by atoms with van der Waals surface area (Å²) >= 11 is 0. The van der Waals surface area contributed by atoms with E-state index in [1.54, 1.807) is 12.1 Å². The second-order valence-electron chi connectivity index (χ2n) is 5.53. The van der Waals surface area contributed by atoms with Crippen molar-refractivity contribution in [1.29, 1.82) is 0 Å². The van der Waals surface area contributed by atoms with Gasteiger partial charge in [-0.1, -0.05) is 13.0 Å². The molecule has 1 aliphatic rings. The SMILES string of the molecule is CCc1nc2cccc(C(=O)O)c2n1CCC1CCOC1. The summed E-state index contributed by atoms with van der Waals surface area (Å²) in [7, 11) is 0. The van der Waals surface area contributed by atoms with Gasteiger partial charge < -0.3 is 14.4 Å². The highest BCUT2D eigenvalue weighted by atomic mass is 16.5. The molecule has 1 atom stereocenters.